The summed E-state index contributed by atoms with van der Waals surface area (Å²) in [4.78, 5) is 123. The van der Waals surface area contributed by atoms with Gasteiger partial charge in [0.05, 0.1) is 35.2 Å². The van der Waals surface area contributed by atoms with Crippen molar-refractivity contribution < 1.29 is 43.0 Å². The van der Waals surface area contributed by atoms with Gasteiger partial charge in [-0.25, -0.2) is 14.8 Å². The van der Waals surface area contributed by atoms with Crippen molar-refractivity contribution in [3.8, 4) is 28.5 Å². The second-order valence-corrected chi connectivity index (χ2v) is 22.0. The highest BCUT2D eigenvalue weighted by atomic mass is 16.6. The summed E-state index contributed by atoms with van der Waals surface area (Å²) in [5.41, 5.74) is 5.88. The van der Waals surface area contributed by atoms with E-state index in [0.29, 0.717) is 37.4 Å². The molecule has 0 unspecified atom stereocenters. The van der Waals surface area contributed by atoms with Gasteiger partial charge in [-0.05, 0) is 123 Å². The quantitative estimate of drug-likeness (QED) is 0.0707. The zero-order chi connectivity index (χ0) is 58.7. The number of unbranched alkanes of at least 4 members (excludes halogenated alkanes) is 1. The number of amides is 7. The molecule has 1 fully saturated rings. The van der Waals surface area contributed by atoms with E-state index >= 15 is 0 Å². The number of imidazole rings is 2. The molecule has 0 bridgehead atoms. The van der Waals surface area contributed by atoms with Crippen LogP contribution < -0.4 is 15.0 Å². The van der Waals surface area contributed by atoms with Crippen molar-refractivity contribution >= 4 is 69.3 Å². The lowest BCUT2D eigenvalue weighted by atomic mass is 10.1. The summed E-state index contributed by atoms with van der Waals surface area (Å²) in [6, 6.07) is 16.0. The summed E-state index contributed by atoms with van der Waals surface area (Å²) >= 11 is 0. The lowest BCUT2D eigenvalue weighted by molar-refractivity contribution is -0.153. The van der Waals surface area contributed by atoms with E-state index in [1.807, 2.05) is 42.5 Å². The van der Waals surface area contributed by atoms with E-state index in [1.165, 1.54) is 70.2 Å². The number of carbonyl (C=O) groups excluding carboxylic acids is 7. The third-order valence-corrected chi connectivity index (χ3v) is 15.0. The molecule has 7 amide bonds. The third kappa shape index (κ3) is 15.5. The van der Waals surface area contributed by atoms with Gasteiger partial charge in [0.1, 0.15) is 47.2 Å². The topological polar surface area (TPSA) is 233 Å². The van der Waals surface area contributed by atoms with Gasteiger partial charge < -0.3 is 64.0 Å². The molecule has 6 rings (SSSR count). The van der Waals surface area contributed by atoms with Crippen molar-refractivity contribution in [2.24, 2.45) is 0 Å². The zero-order valence-electron chi connectivity index (χ0n) is 49.2. The fourth-order valence-corrected chi connectivity index (χ4v) is 9.21. The number of benzene rings is 3. The number of nitrogens with one attached hydrogen (secondary N) is 3. The van der Waals surface area contributed by atoms with E-state index in [2.05, 4.69) is 50.3 Å². The summed E-state index contributed by atoms with van der Waals surface area (Å²) in [7, 11) is 11.2. The van der Waals surface area contributed by atoms with Crippen LogP contribution in [-0.2, 0) is 33.5 Å². The number of anilines is 1. The SMILES string of the molecule is CNC(=O)CN(CCCCN(C)C(=O)OC(C)(C)C)C(=O)[C@H](C)N(C)C(=O)[C@H](C)N(C)C(=O)[C@H](C)N(C)C(=O)[C@H](C)N(C)C(=O)CCCOc1cccc(-c2nc3ccc(-c4nc5ccc(N6CCN(C)CC6)cc5[nH]4)cc3[nH]2)c1. The molecule has 1 saturated heterocycles. The first-order chi connectivity index (χ1) is 37.8. The average molecular weight is 1110 g/mol. The van der Waals surface area contributed by atoms with Crippen LogP contribution >= 0.6 is 0 Å². The van der Waals surface area contributed by atoms with Gasteiger partial charge in [0.25, 0.3) is 0 Å². The maximum atomic E-state index is 13.8. The van der Waals surface area contributed by atoms with Gasteiger partial charge in [0, 0.05) is 105 Å². The predicted molar refractivity (Wildman–Crippen MR) is 309 cm³/mol. The van der Waals surface area contributed by atoms with Crippen molar-refractivity contribution in [2.45, 2.75) is 104 Å². The fourth-order valence-electron chi connectivity index (χ4n) is 9.21. The molecule has 0 radical (unpaired) electrons. The van der Waals surface area contributed by atoms with Crippen molar-refractivity contribution in [3.63, 3.8) is 0 Å². The number of ether oxygens (including phenoxy) is 2. The number of rotatable bonds is 23. The summed E-state index contributed by atoms with van der Waals surface area (Å²) < 4.78 is 11.5. The van der Waals surface area contributed by atoms with E-state index in [0.717, 1.165) is 65.2 Å². The van der Waals surface area contributed by atoms with Crippen LogP contribution in [0.5, 0.6) is 5.75 Å². The Hall–Kier alpha value is -7.75. The van der Waals surface area contributed by atoms with Crippen LogP contribution in [0.2, 0.25) is 0 Å². The largest absolute Gasteiger partial charge is 0.494 e. The Bertz CT molecular complexity index is 3000. The molecule has 3 aromatic carbocycles. The predicted octanol–water partition coefficient (Wildman–Crippen LogP) is 5.29. The van der Waals surface area contributed by atoms with Gasteiger partial charge in [0.15, 0.2) is 0 Å². The molecule has 22 nitrogen and oxygen atoms in total. The molecule has 0 aliphatic carbocycles. The van der Waals surface area contributed by atoms with E-state index in [1.54, 1.807) is 55.6 Å². The minimum atomic E-state index is -1.04. The molecule has 2 aromatic heterocycles. The van der Waals surface area contributed by atoms with E-state index in [9.17, 15) is 33.6 Å². The van der Waals surface area contributed by atoms with Crippen LogP contribution in [0.4, 0.5) is 10.5 Å². The minimum Gasteiger partial charge on any atom is -0.494 e. The molecule has 0 spiro atoms. The first kappa shape index (κ1) is 61.5. The monoisotopic (exact) mass is 1110 g/mol. The Morgan fingerprint density at radius 3 is 1.75 bits per heavy atom. The number of aromatic amines is 2. The van der Waals surface area contributed by atoms with Crippen molar-refractivity contribution in [2.75, 3.05) is 107 Å². The van der Waals surface area contributed by atoms with Gasteiger partial charge in [-0.2, -0.15) is 0 Å². The Kier molecular flexibility index (Phi) is 20.7. The van der Waals surface area contributed by atoms with Crippen LogP contribution in [-0.4, -0.2) is 227 Å². The maximum Gasteiger partial charge on any atom is 0.410 e. The number of nitrogens with zero attached hydrogens (tertiary/aromatic N) is 10. The van der Waals surface area contributed by atoms with Crippen LogP contribution in [0, 0.1) is 0 Å². The van der Waals surface area contributed by atoms with Crippen LogP contribution in [0.3, 0.4) is 0 Å². The van der Waals surface area contributed by atoms with Crippen molar-refractivity contribution in [1.29, 1.82) is 0 Å². The van der Waals surface area contributed by atoms with Crippen LogP contribution in [0.15, 0.2) is 60.7 Å². The molecule has 1 aliphatic heterocycles. The number of fused-ring (bicyclic) bond motifs is 2. The normalized spacial score (nSPS) is 14.4. The lowest BCUT2D eigenvalue weighted by Gasteiger charge is -2.36. The van der Waals surface area contributed by atoms with Crippen LogP contribution in [0.1, 0.15) is 74.1 Å². The Morgan fingerprint density at radius 2 is 1.18 bits per heavy atom. The number of aromatic nitrogens is 4. The van der Waals surface area contributed by atoms with E-state index < -0.39 is 65.4 Å². The minimum absolute atomic E-state index is 0.106. The molecule has 1 aliphatic rings. The highest BCUT2D eigenvalue weighted by Crippen LogP contribution is 2.30. The molecule has 3 heterocycles. The lowest BCUT2D eigenvalue weighted by Crippen LogP contribution is -2.57. The number of carbonyl (C=O) groups is 7. The Morgan fingerprint density at radius 1 is 0.650 bits per heavy atom. The second kappa shape index (κ2) is 26.9. The first-order valence-electron chi connectivity index (χ1n) is 27.4. The fraction of sp³-hybridized carbons (Fsp3) is 0.534. The number of hydrogen-bond acceptors (Lipinski definition) is 13. The van der Waals surface area contributed by atoms with E-state index in [-0.39, 0.29) is 32.0 Å². The van der Waals surface area contributed by atoms with E-state index in [4.69, 9.17) is 19.4 Å². The first-order valence-corrected chi connectivity index (χ1v) is 27.4. The molecule has 434 valence electrons. The Balaban J connectivity index is 0.955. The molecule has 5 aromatic rings. The summed E-state index contributed by atoms with van der Waals surface area (Å²) in [6.07, 6.45) is 1.00. The standard InChI is InChI=1S/C58H83N13O9/c1-37(53(74)67(12)38(2)54(75)68(13)39(3)55(76)69(14)40(4)56(77)71(36-49(72)59-8)27-16-15-26-65(10)57(78)80-58(5,6)7)66(11)50(73)21-18-32-79-44-20-17-19-41(33-44)51-60-45-24-22-42(34-47(45)62-51)52-61-46-25-23-43(35-48(46)63-52)70-30-28-64(9)29-31-70/h17,19-20,22-25,33-35,37-40H,15-16,18,21,26-32,36H2,1-14H3,(H,59,72)(H,60,62)(H,61,63)/t37-,38-,39-,40-/m0/s1. The summed E-state index contributed by atoms with van der Waals surface area (Å²) in [6.45, 7) is 16.2. The third-order valence-electron chi connectivity index (χ3n) is 15.0. The molecule has 22 heteroatoms. The van der Waals surface area contributed by atoms with Crippen molar-refractivity contribution in [3.05, 3.63) is 60.7 Å². The number of H-pyrrole nitrogens is 2. The van der Waals surface area contributed by atoms with Gasteiger partial charge in [-0.1, -0.05) is 12.1 Å². The zero-order valence-corrected chi connectivity index (χ0v) is 49.2. The summed E-state index contributed by atoms with van der Waals surface area (Å²) in [5.74, 6) is -0.619. The van der Waals surface area contributed by atoms with Crippen LogP contribution in [0.25, 0.3) is 44.8 Å². The molecule has 80 heavy (non-hydrogen) atoms. The molecular weight excluding hydrogens is 1020 g/mol. The second-order valence-electron chi connectivity index (χ2n) is 22.0. The molecule has 3 N–H and O–H groups in total. The molecular formula is C58H83N13O9. The molecule has 0 saturated carbocycles. The maximum absolute atomic E-state index is 13.8. The Labute approximate surface area is 470 Å². The van der Waals surface area contributed by atoms with Gasteiger partial charge in [-0.15, -0.1) is 0 Å². The molecule has 4 atom stereocenters. The van der Waals surface area contributed by atoms with Gasteiger partial charge in [0.2, 0.25) is 35.4 Å². The summed E-state index contributed by atoms with van der Waals surface area (Å²) in [5, 5.41) is 2.53. The van der Waals surface area contributed by atoms with Gasteiger partial charge in [-0.3, -0.25) is 28.8 Å². The number of hydrogen-bond donors (Lipinski definition) is 3. The van der Waals surface area contributed by atoms with Crippen molar-refractivity contribution in [1.82, 2.24) is 59.6 Å². The van der Waals surface area contributed by atoms with Gasteiger partial charge >= 0.3 is 6.09 Å². The number of piperazine rings is 1. The smallest absolute Gasteiger partial charge is 0.410 e. The number of likely N-dealkylation sites (N-methyl/N-ethyl adjacent to an activating group) is 6. The highest BCUT2D eigenvalue weighted by Gasteiger charge is 2.36. The average Bonchev–Trinajstić information content (AvgIpc) is 4.16. The highest BCUT2D eigenvalue weighted by molar-refractivity contribution is 5.96.